The van der Waals surface area contributed by atoms with E-state index < -0.39 is 0 Å². The van der Waals surface area contributed by atoms with Crippen LogP contribution in [-0.2, 0) is 0 Å². The van der Waals surface area contributed by atoms with Gasteiger partial charge < -0.3 is 10.4 Å². The highest BCUT2D eigenvalue weighted by Gasteiger charge is 2.61. The lowest BCUT2D eigenvalue weighted by atomic mass is 9.91. The van der Waals surface area contributed by atoms with E-state index in [9.17, 15) is 9.90 Å². The summed E-state index contributed by atoms with van der Waals surface area (Å²) in [4.78, 5) is 12.3. The first-order valence-electron chi connectivity index (χ1n) is 7.43. The Balaban J connectivity index is 1.65. The van der Waals surface area contributed by atoms with Crippen molar-refractivity contribution in [2.75, 3.05) is 0 Å². The second-order valence-corrected chi connectivity index (χ2v) is 6.84. The van der Waals surface area contributed by atoms with Gasteiger partial charge in [-0.25, -0.2) is 0 Å². The monoisotopic (exact) mass is 284 g/mol. The number of amides is 1. The average Bonchev–Trinajstić information content (AvgIpc) is 2.98. The van der Waals surface area contributed by atoms with Gasteiger partial charge in [-0.1, -0.05) is 0 Å². The number of fused-ring (bicyclic) bond motifs is 1. The van der Waals surface area contributed by atoms with Crippen LogP contribution in [0, 0.1) is 29.1 Å². The summed E-state index contributed by atoms with van der Waals surface area (Å²) in [6.07, 6.45) is 1.58. The van der Waals surface area contributed by atoms with Crippen molar-refractivity contribution in [2.24, 2.45) is 17.8 Å². The molecule has 110 valence electrons. The predicted molar refractivity (Wildman–Crippen MR) is 78.4 cm³/mol. The molecule has 2 aliphatic rings. The highest BCUT2D eigenvalue weighted by atomic mass is 16.3. The standard InChI is InChI=1S/C17H20N2O2/c1-17(2,15-13-7-12(20)8-14(13)15)19-16(21)11-5-3-10(9-18)4-6-11/h3-6,12-15,20H,7-8H2,1-2H3,(H,19,21)/t12?,13-,14+,15?. The molecule has 0 bridgehead atoms. The molecule has 2 fully saturated rings. The van der Waals surface area contributed by atoms with Crippen molar-refractivity contribution in [2.45, 2.75) is 38.3 Å². The molecule has 0 heterocycles. The van der Waals surface area contributed by atoms with Gasteiger partial charge >= 0.3 is 0 Å². The fraction of sp³-hybridized carbons (Fsp3) is 0.529. The molecule has 4 atom stereocenters. The van der Waals surface area contributed by atoms with E-state index in [1.54, 1.807) is 24.3 Å². The molecule has 4 nitrogen and oxygen atoms in total. The molecular weight excluding hydrogens is 264 g/mol. The normalized spacial score (nSPS) is 30.4. The van der Waals surface area contributed by atoms with Crippen molar-refractivity contribution in [3.05, 3.63) is 35.4 Å². The van der Waals surface area contributed by atoms with Crippen LogP contribution >= 0.6 is 0 Å². The van der Waals surface area contributed by atoms with Crippen LogP contribution in [0.4, 0.5) is 0 Å². The fourth-order valence-corrected chi connectivity index (χ4v) is 4.03. The minimum atomic E-state index is -0.263. The van der Waals surface area contributed by atoms with Gasteiger partial charge in [-0.3, -0.25) is 4.79 Å². The molecular formula is C17H20N2O2. The maximum atomic E-state index is 12.3. The van der Waals surface area contributed by atoms with Gasteiger partial charge in [0.25, 0.3) is 5.91 Å². The third-order valence-corrected chi connectivity index (χ3v) is 4.97. The number of carbonyl (C=O) groups excluding carboxylic acids is 1. The van der Waals surface area contributed by atoms with Gasteiger partial charge in [0.1, 0.15) is 0 Å². The van der Waals surface area contributed by atoms with Gasteiger partial charge in [0, 0.05) is 11.1 Å². The Bertz CT molecular complexity index is 588. The van der Waals surface area contributed by atoms with Gasteiger partial charge in [0.2, 0.25) is 0 Å². The highest BCUT2D eigenvalue weighted by Crippen LogP contribution is 2.61. The Labute approximate surface area is 124 Å². The Morgan fingerprint density at radius 1 is 1.29 bits per heavy atom. The molecule has 2 unspecified atom stereocenters. The van der Waals surface area contributed by atoms with Gasteiger partial charge in [0.15, 0.2) is 0 Å². The summed E-state index contributed by atoms with van der Waals surface area (Å²) in [7, 11) is 0. The summed E-state index contributed by atoms with van der Waals surface area (Å²) < 4.78 is 0. The molecule has 1 amide bonds. The third-order valence-electron chi connectivity index (χ3n) is 4.97. The number of nitrogens with zero attached hydrogens (tertiary/aromatic N) is 1. The number of nitrogens with one attached hydrogen (secondary N) is 1. The number of hydrogen-bond acceptors (Lipinski definition) is 3. The summed E-state index contributed by atoms with van der Waals surface area (Å²) in [6, 6.07) is 8.72. The van der Waals surface area contributed by atoms with Gasteiger partial charge in [-0.05, 0) is 68.7 Å². The Morgan fingerprint density at radius 3 is 2.38 bits per heavy atom. The van der Waals surface area contributed by atoms with Crippen LogP contribution in [0.2, 0.25) is 0 Å². The fourth-order valence-electron chi connectivity index (χ4n) is 4.03. The maximum absolute atomic E-state index is 12.3. The van der Waals surface area contributed by atoms with Crippen molar-refractivity contribution in [1.29, 1.82) is 5.26 Å². The first-order valence-corrected chi connectivity index (χ1v) is 7.43. The molecule has 0 saturated heterocycles. The summed E-state index contributed by atoms with van der Waals surface area (Å²) >= 11 is 0. The quantitative estimate of drug-likeness (QED) is 0.892. The van der Waals surface area contributed by atoms with Crippen molar-refractivity contribution >= 4 is 5.91 Å². The van der Waals surface area contributed by atoms with E-state index in [4.69, 9.17) is 5.26 Å². The number of aliphatic hydroxyl groups is 1. The zero-order chi connectivity index (χ0) is 15.2. The SMILES string of the molecule is CC(C)(NC(=O)c1ccc(C#N)cc1)C1[C@H]2CC(O)C[C@@H]12. The van der Waals surface area contributed by atoms with Crippen LogP contribution in [-0.4, -0.2) is 22.7 Å². The molecule has 2 N–H and O–H groups in total. The molecule has 2 aliphatic carbocycles. The summed E-state index contributed by atoms with van der Waals surface area (Å²) in [5.41, 5.74) is 0.866. The number of hydrogen-bond donors (Lipinski definition) is 2. The van der Waals surface area contributed by atoms with Crippen LogP contribution in [0.25, 0.3) is 0 Å². The second kappa shape index (κ2) is 4.85. The lowest BCUT2D eigenvalue weighted by Crippen LogP contribution is -2.46. The number of aliphatic hydroxyl groups excluding tert-OH is 1. The molecule has 3 rings (SSSR count). The van der Waals surface area contributed by atoms with Crippen LogP contribution < -0.4 is 5.32 Å². The topological polar surface area (TPSA) is 73.1 Å². The minimum Gasteiger partial charge on any atom is -0.393 e. The second-order valence-electron chi connectivity index (χ2n) is 6.84. The highest BCUT2D eigenvalue weighted by molar-refractivity contribution is 5.94. The summed E-state index contributed by atoms with van der Waals surface area (Å²) in [5.74, 6) is 1.46. The molecule has 1 aromatic carbocycles. The van der Waals surface area contributed by atoms with E-state index in [2.05, 4.69) is 19.2 Å². The summed E-state index contributed by atoms with van der Waals surface area (Å²) in [5, 5.41) is 21.5. The van der Waals surface area contributed by atoms with Crippen molar-refractivity contribution in [3.63, 3.8) is 0 Å². The van der Waals surface area contributed by atoms with Crippen LogP contribution in [0.5, 0.6) is 0 Å². The first kappa shape index (κ1) is 14.1. The van der Waals surface area contributed by atoms with E-state index in [-0.39, 0.29) is 17.6 Å². The van der Waals surface area contributed by atoms with Crippen molar-refractivity contribution in [1.82, 2.24) is 5.32 Å². The van der Waals surface area contributed by atoms with E-state index in [1.165, 1.54) is 0 Å². The Kier molecular flexibility index (Phi) is 3.26. The van der Waals surface area contributed by atoms with E-state index in [0.717, 1.165) is 12.8 Å². The largest absolute Gasteiger partial charge is 0.393 e. The van der Waals surface area contributed by atoms with E-state index in [0.29, 0.717) is 28.9 Å². The number of benzene rings is 1. The van der Waals surface area contributed by atoms with Crippen LogP contribution in [0.15, 0.2) is 24.3 Å². The zero-order valence-electron chi connectivity index (χ0n) is 12.3. The van der Waals surface area contributed by atoms with Crippen LogP contribution in [0.3, 0.4) is 0 Å². The lowest BCUT2D eigenvalue weighted by molar-refractivity contribution is 0.0885. The van der Waals surface area contributed by atoms with Gasteiger partial charge in [-0.15, -0.1) is 0 Å². The predicted octanol–water partition coefficient (Wildman–Crippen LogP) is 2.08. The van der Waals surface area contributed by atoms with Crippen LogP contribution in [0.1, 0.15) is 42.6 Å². The number of rotatable bonds is 3. The van der Waals surface area contributed by atoms with E-state index in [1.807, 2.05) is 6.07 Å². The molecule has 2 saturated carbocycles. The average molecular weight is 284 g/mol. The molecule has 0 aromatic heterocycles. The van der Waals surface area contributed by atoms with Crippen molar-refractivity contribution < 1.29 is 9.90 Å². The Morgan fingerprint density at radius 2 is 1.86 bits per heavy atom. The lowest BCUT2D eigenvalue weighted by Gasteiger charge is -2.29. The molecule has 1 aromatic rings. The molecule has 0 aliphatic heterocycles. The molecule has 21 heavy (non-hydrogen) atoms. The maximum Gasteiger partial charge on any atom is 0.251 e. The number of nitriles is 1. The van der Waals surface area contributed by atoms with E-state index >= 15 is 0 Å². The molecule has 0 radical (unpaired) electrons. The zero-order valence-corrected chi connectivity index (χ0v) is 12.3. The summed E-state index contributed by atoms with van der Waals surface area (Å²) in [6.45, 7) is 4.12. The third kappa shape index (κ3) is 2.54. The Hall–Kier alpha value is -1.86. The first-order chi connectivity index (χ1) is 9.92. The van der Waals surface area contributed by atoms with Gasteiger partial charge in [-0.2, -0.15) is 5.26 Å². The minimum absolute atomic E-state index is 0.102. The number of carbonyl (C=O) groups is 1. The molecule has 0 spiro atoms. The van der Waals surface area contributed by atoms with Crippen molar-refractivity contribution in [3.8, 4) is 6.07 Å². The smallest absolute Gasteiger partial charge is 0.251 e. The van der Waals surface area contributed by atoms with Gasteiger partial charge in [0.05, 0.1) is 17.7 Å². The molecule has 4 heteroatoms.